The third kappa shape index (κ3) is 2.88. The minimum atomic E-state index is -0.778. The van der Waals surface area contributed by atoms with Crippen LogP contribution in [0.3, 0.4) is 0 Å². The summed E-state index contributed by atoms with van der Waals surface area (Å²) in [5.41, 5.74) is 1.15. The van der Waals surface area contributed by atoms with Crippen molar-refractivity contribution in [2.75, 3.05) is 20.1 Å². The number of benzene rings is 1. The minimum Gasteiger partial charge on any atom is -0.388 e. The Kier molecular flexibility index (Phi) is 3.98. The monoisotopic (exact) mass is 314 g/mol. The number of likely N-dealkylation sites (N-methyl/N-ethyl adjacent to an activating group) is 1. The number of hydrogen-bond acceptors (Lipinski definition) is 3. The summed E-state index contributed by atoms with van der Waals surface area (Å²) in [7, 11) is 1.68. The van der Waals surface area contributed by atoms with Crippen LogP contribution in [0.25, 0.3) is 5.70 Å². The van der Waals surface area contributed by atoms with Crippen molar-refractivity contribution >= 4 is 17.5 Å². The van der Waals surface area contributed by atoms with Crippen LogP contribution in [0.5, 0.6) is 0 Å². The molecule has 1 saturated carbocycles. The summed E-state index contributed by atoms with van der Waals surface area (Å²) in [5, 5.41) is 10.4. The summed E-state index contributed by atoms with van der Waals surface area (Å²) in [6, 6.07) is 7.24. The van der Waals surface area contributed by atoms with E-state index in [1.54, 1.807) is 19.2 Å². The number of carbonyl (C=O) groups excluding carboxylic acids is 2. The van der Waals surface area contributed by atoms with E-state index >= 15 is 0 Å². The second-order valence-electron chi connectivity index (χ2n) is 6.56. The van der Waals surface area contributed by atoms with Gasteiger partial charge in [-0.2, -0.15) is 0 Å². The van der Waals surface area contributed by atoms with Gasteiger partial charge in [0.1, 0.15) is 6.54 Å². The van der Waals surface area contributed by atoms with Gasteiger partial charge in [-0.15, -0.1) is 0 Å². The summed E-state index contributed by atoms with van der Waals surface area (Å²) in [4.78, 5) is 27.8. The fraction of sp³-hybridized carbons (Fsp3) is 0.444. The molecule has 1 aromatic rings. The zero-order chi connectivity index (χ0) is 16.6. The van der Waals surface area contributed by atoms with E-state index in [0.717, 1.165) is 31.2 Å². The van der Waals surface area contributed by atoms with E-state index < -0.39 is 5.60 Å². The maximum absolute atomic E-state index is 12.5. The van der Waals surface area contributed by atoms with E-state index in [2.05, 4.69) is 6.58 Å². The molecule has 0 aromatic heterocycles. The molecule has 3 rings (SSSR count). The maximum atomic E-state index is 12.5. The van der Waals surface area contributed by atoms with Gasteiger partial charge in [-0.05, 0) is 18.9 Å². The molecule has 23 heavy (non-hydrogen) atoms. The van der Waals surface area contributed by atoms with Crippen molar-refractivity contribution in [1.82, 2.24) is 9.80 Å². The lowest BCUT2D eigenvalue weighted by atomic mass is 10.0. The molecule has 2 aliphatic rings. The van der Waals surface area contributed by atoms with Crippen LogP contribution in [0, 0.1) is 0 Å². The molecule has 0 unspecified atom stereocenters. The molecule has 0 spiro atoms. The van der Waals surface area contributed by atoms with Crippen LogP contribution in [0.1, 0.15) is 41.6 Å². The largest absolute Gasteiger partial charge is 0.388 e. The molecule has 1 heterocycles. The normalized spacial score (nSPS) is 19.1. The summed E-state index contributed by atoms with van der Waals surface area (Å²) in [5.74, 6) is -0.375. The first-order valence-corrected chi connectivity index (χ1v) is 7.98. The number of rotatable bonds is 4. The minimum absolute atomic E-state index is 0.0427. The molecule has 0 saturated heterocycles. The molecule has 1 N–H and O–H groups in total. The highest BCUT2D eigenvalue weighted by Crippen LogP contribution is 2.32. The molecule has 5 nitrogen and oxygen atoms in total. The number of amides is 2. The molecular weight excluding hydrogens is 292 g/mol. The summed E-state index contributed by atoms with van der Waals surface area (Å²) >= 11 is 0. The molecule has 0 bridgehead atoms. The smallest absolute Gasteiger partial charge is 0.259 e. The highest BCUT2D eigenvalue weighted by atomic mass is 16.3. The maximum Gasteiger partial charge on any atom is 0.259 e. The van der Waals surface area contributed by atoms with Crippen LogP contribution in [0.2, 0.25) is 0 Å². The Balaban J connectivity index is 1.67. The quantitative estimate of drug-likeness (QED) is 0.923. The van der Waals surface area contributed by atoms with Crippen molar-refractivity contribution in [1.29, 1.82) is 0 Å². The van der Waals surface area contributed by atoms with E-state index in [1.807, 2.05) is 12.1 Å². The molecular formula is C18H22N2O3. The number of carbonyl (C=O) groups is 2. The van der Waals surface area contributed by atoms with Crippen molar-refractivity contribution in [2.45, 2.75) is 31.3 Å². The van der Waals surface area contributed by atoms with Crippen molar-refractivity contribution < 1.29 is 14.7 Å². The van der Waals surface area contributed by atoms with Crippen LogP contribution in [-0.2, 0) is 4.79 Å². The van der Waals surface area contributed by atoms with Gasteiger partial charge in [0.2, 0.25) is 5.91 Å². The summed E-state index contributed by atoms with van der Waals surface area (Å²) < 4.78 is 0. The number of fused-ring (bicyclic) bond motifs is 1. The predicted molar refractivity (Wildman–Crippen MR) is 87.6 cm³/mol. The van der Waals surface area contributed by atoms with Crippen LogP contribution in [-0.4, -0.2) is 52.5 Å². The average Bonchev–Trinajstić information content (AvgIpc) is 3.05. The van der Waals surface area contributed by atoms with Gasteiger partial charge < -0.3 is 10.0 Å². The van der Waals surface area contributed by atoms with E-state index in [4.69, 9.17) is 0 Å². The highest BCUT2D eigenvalue weighted by molar-refractivity contribution is 6.10. The predicted octanol–water partition coefficient (Wildman–Crippen LogP) is 1.88. The molecule has 122 valence electrons. The SMILES string of the molecule is C=C1c2ccccc2C(=O)N1CC(=O)N(C)CC1(O)CCCC1. The Morgan fingerprint density at radius 1 is 1.30 bits per heavy atom. The van der Waals surface area contributed by atoms with Crippen molar-refractivity contribution in [2.24, 2.45) is 0 Å². The van der Waals surface area contributed by atoms with Crippen LogP contribution >= 0.6 is 0 Å². The van der Waals surface area contributed by atoms with Gasteiger partial charge in [0.05, 0.1) is 5.60 Å². The zero-order valence-corrected chi connectivity index (χ0v) is 13.4. The van der Waals surface area contributed by atoms with Crippen molar-refractivity contribution in [3.63, 3.8) is 0 Å². The topological polar surface area (TPSA) is 60.9 Å². The Morgan fingerprint density at radius 3 is 2.52 bits per heavy atom. The zero-order valence-electron chi connectivity index (χ0n) is 13.4. The van der Waals surface area contributed by atoms with Gasteiger partial charge in [-0.3, -0.25) is 14.5 Å². The standard InChI is InChI=1S/C18H22N2O3/c1-13-14-7-3-4-8-15(14)17(22)20(13)11-16(21)19(2)12-18(23)9-5-6-10-18/h3-4,7-8,23H,1,5-6,9-12H2,2H3. The Labute approximate surface area is 136 Å². The van der Waals surface area contributed by atoms with Crippen molar-refractivity contribution in [3.05, 3.63) is 42.0 Å². The molecule has 5 heteroatoms. The Bertz CT molecular complexity index is 627. The second kappa shape index (κ2) is 5.81. The number of aliphatic hydroxyl groups is 1. The molecule has 0 atom stereocenters. The van der Waals surface area contributed by atoms with E-state index in [-0.39, 0.29) is 18.4 Å². The van der Waals surface area contributed by atoms with Crippen molar-refractivity contribution in [3.8, 4) is 0 Å². The fourth-order valence-corrected chi connectivity index (χ4v) is 3.48. The van der Waals surface area contributed by atoms with Gasteiger partial charge in [0.15, 0.2) is 0 Å². The lowest BCUT2D eigenvalue weighted by Gasteiger charge is -2.30. The van der Waals surface area contributed by atoms with Gasteiger partial charge in [0, 0.05) is 30.4 Å². The number of hydrogen-bond donors (Lipinski definition) is 1. The molecule has 1 aliphatic carbocycles. The second-order valence-corrected chi connectivity index (χ2v) is 6.56. The lowest BCUT2D eigenvalue weighted by molar-refractivity contribution is -0.133. The average molecular weight is 314 g/mol. The molecule has 1 fully saturated rings. The Hall–Kier alpha value is -2.14. The summed E-state index contributed by atoms with van der Waals surface area (Å²) in [6.45, 7) is 4.21. The summed E-state index contributed by atoms with van der Waals surface area (Å²) in [6.07, 6.45) is 3.45. The molecule has 1 aliphatic heterocycles. The van der Waals surface area contributed by atoms with Crippen LogP contribution in [0.15, 0.2) is 30.8 Å². The van der Waals surface area contributed by atoms with Crippen LogP contribution in [0.4, 0.5) is 0 Å². The molecule has 0 radical (unpaired) electrons. The van der Waals surface area contributed by atoms with E-state index in [9.17, 15) is 14.7 Å². The van der Waals surface area contributed by atoms with Crippen LogP contribution < -0.4 is 0 Å². The lowest BCUT2D eigenvalue weighted by Crippen LogP contribution is -2.45. The fourth-order valence-electron chi connectivity index (χ4n) is 3.48. The van der Waals surface area contributed by atoms with E-state index in [1.165, 1.54) is 9.80 Å². The van der Waals surface area contributed by atoms with Gasteiger partial charge in [0.25, 0.3) is 5.91 Å². The first-order valence-electron chi connectivity index (χ1n) is 7.98. The third-order valence-corrected chi connectivity index (χ3v) is 4.82. The third-order valence-electron chi connectivity index (χ3n) is 4.82. The van der Waals surface area contributed by atoms with Gasteiger partial charge in [-0.25, -0.2) is 0 Å². The molecule has 1 aromatic carbocycles. The Morgan fingerprint density at radius 2 is 1.91 bits per heavy atom. The van der Waals surface area contributed by atoms with Gasteiger partial charge in [-0.1, -0.05) is 37.6 Å². The number of nitrogens with zero attached hydrogens (tertiary/aromatic N) is 2. The first kappa shape index (κ1) is 15.7. The van der Waals surface area contributed by atoms with Gasteiger partial charge >= 0.3 is 0 Å². The highest BCUT2D eigenvalue weighted by Gasteiger charge is 2.36. The molecule has 2 amide bonds. The van der Waals surface area contributed by atoms with E-state index in [0.29, 0.717) is 17.8 Å². The first-order chi connectivity index (χ1) is 10.9.